The molecule has 2 fully saturated rings. The summed E-state index contributed by atoms with van der Waals surface area (Å²) >= 11 is 0. The van der Waals surface area contributed by atoms with E-state index in [1.165, 1.54) is 12.1 Å². The van der Waals surface area contributed by atoms with E-state index in [4.69, 9.17) is 0 Å². The lowest BCUT2D eigenvalue weighted by Crippen LogP contribution is -2.38. The van der Waals surface area contributed by atoms with Gasteiger partial charge in [-0.25, -0.2) is 8.78 Å². The maximum absolute atomic E-state index is 14.1. The largest absolute Gasteiger partial charge is 0.416 e. The molecule has 0 spiro atoms. The van der Waals surface area contributed by atoms with Crippen LogP contribution in [0.4, 0.5) is 22.0 Å². The number of amides is 1. The van der Waals surface area contributed by atoms with Crippen LogP contribution in [0.3, 0.4) is 0 Å². The van der Waals surface area contributed by atoms with Crippen molar-refractivity contribution in [3.05, 3.63) is 58.3 Å². The minimum atomic E-state index is -4.42. The first-order valence-corrected chi connectivity index (χ1v) is 13.8. The predicted octanol–water partition coefficient (Wildman–Crippen LogP) is 7.58. The Bertz CT molecular complexity index is 1040. The number of nitrogens with one attached hydrogen (secondary N) is 2. The van der Waals surface area contributed by atoms with E-state index in [9.17, 15) is 26.7 Å². The van der Waals surface area contributed by atoms with Gasteiger partial charge in [-0.15, -0.1) is 0 Å². The van der Waals surface area contributed by atoms with Crippen LogP contribution in [0.2, 0.25) is 0 Å². The van der Waals surface area contributed by atoms with Gasteiger partial charge in [0.15, 0.2) is 0 Å². The number of hydrogen-bond donors (Lipinski definition) is 2. The Kier molecular flexibility index (Phi) is 8.70. The Balaban J connectivity index is 1.80. The molecule has 0 atom stereocenters. The molecule has 1 saturated carbocycles. The summed E-state index contributed by atoms with van der Waals surface area (Å²) in [6, 6.07) is 5.16. The van der Waals surface area contributed by atoms with Crippen molar-refractivity contribution in [1.82, 2.24) is 10.6 Å². The zero-order chi connectivity index (χ0) is 27.6. The Hall–Kier alpha value is -2.22. The average molecular weight is 539 g/mol. The van der Waals surface area contributed by atoms with Crippen LogP contribution >= 0.6 is 0 Å². The zero-order valence-electron chi connectivity index (χ0n) is 22.3. The molecule has 1 aromatic carbocycles. The fourth-order valence-electron chi connectivity index (χ4n) is 6.13. The molecule has 0 aromatic heterocycles. The lowest BCUT2D eigenvalue weighted by Gasteiger charge is -2.36. The van der Waals surface area contributed by atoms with E-state index >= 15 is 0 Å². The number of benzene rings is 1. The molecule has 1 aromatic rings. The number of carbonyl (C=O) groups excluding carboxylic acids is 1. The van der Waals surface area contributed by atoms with Gasteiger partial charge in [0.05, 0.1) is 5.56 Å². The topological polar surface area (TPSA) is 41.1 Å². The van der Waals surface area contributed by atoms with Crippen LogP contribution < -0.4 is 10.6 Å². The Morgan fingerprint density at radius 2 is 1.55 bits per heavy atom. The summed E-state index contributed by atoms with van der Waals surface area (Å²) in [5, 5.41) is 6.60. The average Bonchev–Trinajstić information content (AvgIpc) is 2.84. The fourth-order valence-corrected chi connectivity index (χ4v) is 6.13. The molecule has 1 aliphatic carbocycles. The lowest BCUT2D eigenvalue weighted by molar-refractivity contribution is -0.137. The highest BCUT2D eigenvalue weighted by Gasteiger charge is 2.38. The third kappa shape index (κ3) is 7.45. The van der Waals surface area contributed by atoms with Gasteiger partial charge in [0, 0.05) is 30.9 Å². The summed E-state index contributed by atoms with van der Waals surface area (Å²) in [5.41, 5.74) is 2.51. The van der Waals surface area contributed by atoms with E-state index in [-0.39, 0.29) is 36.0 Å². The van der Waals surface area contributed by atoms with Crippen molar-refractivity contribution >= 4 is 5.91 Å². The summed E-state index contributed by atoms with van der Waals surface area (Å²) in [6.45, 7) is 5.75. The smallest absolute Gasteiger partial charge is 0.329 e. The van der Waals surface area contributed by atoms with Crippen LogP contribution in [-0.2, 0) is 17.4 Å². The van der Waals surface area contributed by atoms with E-state index in [2.05, 4.69) is 30.6 Å². The van der Waals surface area contributed by atoms with Crippen molar-refractivity contribution in [1.29, 1.82) is 0 Å². The second-order valence-corrected chi connectivity index (χ2v) is 12.0. The molecule has 0 bridgehead atoms. The predicted molar refractivity (Wildman–Crippen MR) is 139 cm³/mol. The fraction of sp³-hybridized carbons (Fsp3) is 0.633. The first-order chi connectivity index (χ1) is 17.8. The highest BCUT2D eigenvalue weighted by atomic mass is 19.4. The first kappa shape index (κ1) is 28.8. The number of hydrogen-bond acceptors (Lipinski definition) is 2. The SMILES string of the molecule is CC1(C)CC/C=C(C2CCC(F)(F)CC2)/C(Cc2ccc(C(F)(F)F)cc2)=C(/C2CCNCC2)NC(=O)C1. The highest BCUT2D eigenvalue weighted by molar-refractivity contribution is 5.79. The van der Waals surface area contributed by atoms with Gasteiger partial charge in [-0.2, -0.15) is 13.2 Å². The molecule has 1 amide bonds. The summed E-state index contributed by atoms with van der Waals surface area (Å²) in [7, 11) is 0. The van der Waals surface area contributed by atoms with Gasteiger partial charge in [-0.05, 0) is 98.2 Å². The van der Waals surface area contributed by atoms with Crippen molar-refractivity contribution in [2.24, 2.45) is 17.3 Å². The van der Waals surface area contributed by atoms with Crippen LogP contribution in [0.25, 0.3) is 0 Å². The number of allylic oxidation sites excluding steroid dienone is 4. The van der Waals surface area contributed by atoms with Crippen LogP contribution in [0.15, 0.2) is 47.2 Å². The van der Waals surface area contributed by atoms with Gasteiger partial charge in [0.1, 0.15) is 0 Å². The third-order valence-electron chi connectivity index (χ3n) is 8.34. The van der Waals surface area contributed by atoms with E-state index in [1.54, 1.807) is 0 Å². The van der Waals surface area contributed by atoms with Crippen molar-refractivity contribution < 1.29 is 26.7 Å². The van der Waals surface area contributed by atoms with Crippen molar-refractivity contribution in [2.75, 3.05) is 13.1 Å². The zero-order valence-corrected chi connectivity index (χ0v) is 22.3. The van der Waals surface area contributed by atoms with E-state index in [1.807, 2.05) is 0 Å². The number of carbonyl (C=O) groups is 1. The molecular formula is C30H39F5N2O. The highest BCUT2D eigenvalue weighted by Crippen LogP contribution is 2.44. The maximum atomic E-state index is 14.1. The molecule has 3 aliphatic rings. The first-order valence-electron chi connectivity index (χ1n) is 13.8. The minimum Gasteiger partial charge on any atom is -0.329 e. The molecule has 8 heteroatoms. The summed E-state index contributed by atoms with van der Waals surface area (Å²) in [5.74, 6) is -2.72. The number of rotatable bonds is 4. The molecule has 38 heavy (non-hydrogen) atoms. The molecule has 2 heterocycles. The number of alkyl halides is 5. The minimum absolute atomic E-state index is 0.0649. The van der Waals surface area contributed by atoms with Crippen LogP contribution in [-0.4, -0.2) is 24.9 Å². The van der Waals surface area contributed by atoms with Crippen LogP contribution in [0, 0.1) is 17.3 Å². The van der Waals surface area contributed by atoms with E-state index < -0.39 is 17.7 Å². The van der Waals surface area contributed by atoms with Gasteiger partial charge in [0.25, 0.3) is 0 Å². The summed E-state index contributed by atoms with van der Waals surface area (Å²) in [4.78, 5) is 13.3. The molecule has 3 nitrogen and oxygen atoms in total. The van der Waals surface area contributed by atoms with Gasteiger partial charge in [-0.3, -0.25) is 4.79 Å². The Morgan fingerprint density at radius 3 is 2.16 bits per heavy atom. The summed E-state index contributed by atoms with van der Waals surface area (Å²) in [6.07, 6.45) is 1.97. The molecule has 210 valence electrons. The third-order valence-corrected chi connectivity index (χ3v) is 8.34. The second-order valence-electron chi connectivity index (χ2n) is 12.0. The molecule has 0 unspecified atom stereocenters. The standard InChI is InChI=1S/C30H39F5N2O/c1-28(2)13-3-4-24(21-9-14-29(31,32)15-10-21)25(18-20-5-7-23(8-6-20)30(33,34)35)27(37-26(38)19-28)22-11-16-36-17-12-22/h4-8,21-22,36H,3,9-19H2,1-2H3,(H,37,38)/b24-4+,27-25-. The molecule has 2 N–H and O–H groups in total. The maximum Gasteiger partial charge on any atom is 0.416 e. The number of piperidine rings is 1. The normalized spacial score (nSPS) is 27.3. The monoisotopic (exact) mass is 538 g/mol. The van der Waals surface area contributed by atoms with Crippen LogP contribution in [0.1, 0.15) is 82.8 Å². The lowest BCUT2D eigenvalue weighted by atomic mass is 9.74. The van der Waals surface area contributed by atoms with Gasteiger partial charge >= 0.3 is 6.18 Å². The van der Waals surface area contributed by atoms with Crippen molar-refractivity contribution in [3.63, 3.8) is 0 Å². The molecule has 4 rings (SSSR count). The quantitative estimate of drug-likeness (QED) is 0.388. The van der Waals surface area contributed by atoms with Crippen molar-refractivity contribution in [3.8, 4) is 0 Å². The van der Waals surface area contributed by atoms with Crippen molar-refractivity contribution in [2.45, 2.75) is 90.2 Å². The Morgan fingerprint density at radius 1 is 0.921 bits per heavy atom. The Labute approximate surface area is 222 Å². The molecular weight excluding hydrogens is 499 g/mol. The van der Waals surface area contributed by atoms with E-state index in [0.717, 1.165) is 67.7 Å². The molecule has 2 aliphatic heterocycles. The van der Waals surface area contributed by atoms with E-state index in [0.29, 0.717) is 31.2 Å². The van der Waals surface area contributed by atoms with Crippen LogP contribution in [0.5, 0.6) is 0 Å². The van der Waals surface area contributed by atoms with Gasteiger partial charge in [-0.1, -0.05) is 32.1 Å². The second kappa shape index (κ2) is 11.5. The number of halogens is 5. The van der Waals surface area contributed by atoms with Gasteiger partial charge in [0.2, 0.25) is 11.8 Å². The molecule has 0 radical (unpaired) electrons. The molecule has 1 saturated heterocycles. The summed E-state index contributed by atoms with van der Waals surface area (Å²) < 4.78 is 67.9. The van der Waals surface area contributed by atoms with Gasteiger partial charge < -0.3 is 10.6 Å².